The molecule has 1 amide bonds. The number of fused-ring (bicyclic) bond motifs is 1. The number of nitrogens with zero attached hydrogens (tertiary/aromatic N) is 2. The Hall–Kier alpha value is -2.41. The first-order chi connectivity index (χ1) is 13.5. The van der Waals surface area contributed by atoms with E-state index in [1.54, 1.807) is 9.47 Å². The molecule has 2 heterocycles. The van der Waals surface area contributed by atoms with E-state index >= 15 is 0 Å². The van der Waals surface area contributed by atoms with Gasteiger partial charge in [-0.15, -0.1) is 0 Å². The summed E-state index contributed by atoms with van der Waals surface area (Å²) in [7, 11) is 0. The molecule has 148 valence electrons. The molecule has 0 radical (unpaired) electrons. The number of carbonyl (C=O) groups is 1. The number of amides is 1. The van der Waals surface area contributed by atoms with Crippen LogP contribution in [0.25, 0.3) is 0 Å². The fourth-order valence-corrected chi connectivity index (χ4v) is 5.02. The van der Waals surface area contributed by atoms with Crippen LogP contribution in [0.2, 0.25) is 0 Å². The number of aromatic nitrogens is 2. The number of carbonyl (C=O) groups excluding carboxylic acids is 1. The Labute approximate surface area is 168 Å². The first-order valence-corrected chi connectivity index (χ1v) is 10.3. The molecule has 0 unspecified atom stereocenters. The average molecular weight is 400 g/mol. The number of rotatable bonds is 2. The maximum Gasteiger partial charge on any atom is 0.261 e. The number of benzene rings is 1. The lowest BCUT2D eigenvalue weighted by Crippen LogP contribution is -2.42. The molecule has 28 heavy (non-hydrogen) atoms. The van der Waals surface area contributed by atoms with Crippen molar-refractivity contribution in [3.63, 3.8) is 0 Å². The molecule has 1 aromatic heterocycles. The highest BCUT2D eigenvalue weighted by Gasteiger charge is 2.35. The summed E-state index contributed by atoms with van der Waals surface area (Å²) in [6, 6.07) is 7.26. The maximum atomic E-state index is 12.9. The van der Waals surface area contributed by atoms with Crippen LogP contribution in [-0.2, 0) is 11.2 Å². The number of hydrogen-bond acceptors (Lipinski definition) is 4. The summed E-state index contributed by atoms with van der Waals surface area (Å²) in [6.45, 7) is 2.01. The number of H-pyrrole nitrogens is 1. The van der Waals surface area contributed by atoms with E-state index in [9.17, 15) is 14.7 Å². The van der Waals surface area contributed by atoms with E-state index in [0.29, 0.717) is 6.54 Å². The fourth-order valence-electron chi connectivity index (χ4n) is 4.69. The lowest BCUT2D eigenvalue weighted by Gasteiger charge is -2.37. The number of nitrogens with one attached hydrogen (secondary N) is 1. The number of aromatic amines is 1. The van der Waals surface area contributed by atoms with Crippen LogP contribution in [0, 0.1) is 4.77 Å². The van der Waals surface area contributed by atoms with Gasteiger partial charge in [-0.3, -0.25) is 19.1 Å². The van der Waals surface area contributed by atoms with Crippen LogP contribution < -0.4 is 5.56 Å². The SMILES string of the molecule is CC(=O)N1CCc2ccccc2[C@@H]1c1c(O)n(C2CCCCC2)c(=S)[nH]c1=O. The first-order valence-electron chi connectivity index (χ1n) is 9.91. The Bertz CT molecular complexity index is 1020. The van der Waals surface area contributed by atoms with E-state index in [-0.39, 0.29) is 28.2 Å². The second-order valence-electron chi connectivity index (χ2n) is 7.72. The van der Waals surface area contributed by atoms with Gasteiger partial charge in [0.1, 0.15) is 5.56 Å². The Kier molecular flexibility index (Phi) is 5.10. The summed E-state index contributed by atoms with van der Waals surface area (Å²) in [5.74, 6) is -0.224. The smallest absolute Gasteiger partial charge is 0.261 e. The van der Waals surface area contributed by atoms with Gasteiger partial charge in [-0.2, -0.15) is 0 Å². The molecule has 2 aromatic rings. The van der Waals surface area contributed by atoms with Crippen LogP contribution in [0.15, 0.2) is 29.1 Å². The number of hydrogen-bond donors (Lipinski definition) is 2. The molecule has 0 saturated heterocycles. The van der Waals surface area contributed by atoms with E-state index in [2.05, 4.69) is 4.98 Å². The minimum Gasteiger partial charge on any atom is -0.494 e. The largest absolute Gasteiger partial charge is 0.494 e. The molecule has 1 saturated carbocycles. The van der Waals surface area contributed by atoms with Crippen molar-refractivity contribution in [1.82, 2.24) is 14.5 Å². The minimum absolute atomic E-state index is 0.0708. The van der Waals surface area contributed by atoms with Gasteiger partial charge in [0, 0.05) is 19.5 Å². The van der Waals surface area contributed by atoms with Crippen molar-refractivity contribution in [2.75, 3.05) is 6.54 Å². The van der Waals surface area contributed by atoms with Crippen molar-refractivity contribution in [2.24, 2.45) is 0 Å². The van der Waals surface area contributed by atoms with Crippen LogP contribution in [0.4, 0.5) is 0 Å². The molecule has 2 aliphatic rings. The van der Waals surface area contributed by atoms with Crippen LogP contribution in [0.1, 0.15) is 67.8 Å². The van der Waals surface area contributed by atoms with Crippen LogP contribution in [0.3, 0.4) is 0 Å². The monoisotopic (exact) mass is 399 g/mol. The molecule has 7 heteroatoms. The molecular weight excluding hydrogens is 374 g/mol. The minimum atomic E-state index is -0.614. The van der Waals surface area contributed by atoms with E-state index in [1.165, 1.54) is 13.3 Å². The molecule has 1 aliphatic carbocycles. The third-order valence-electron chi connectivity index (χ3n) is 6.05. The van der Waals surface area contributed by atoms with E-state index in [4.69, 9.17) is 12.2 Å². The van der Waals surface area contributed by atoms with Gasteiger partial charge in [0.25, 0.3) is 5.56 Å². The topological polar surface area (TPSA) is 78.3 Å². The summed E-state index contributed by atoms with van der Waals surface area (Å²) in [5.41, 5.74) is 1.76. The van der Waals surface area contributed by atoms with Crippen LogP contribution in [-0.4, -0.2) is 32.0 Å². The Morgan fingerprint density at radius 2 is 1.93 bits per heavy atom. The lowest BCUT2D eigenvalue weighted by atomic mass is 9.88. The van der Waals surface area contributed by atoms with Gasteiger partial charge in [-0.1, -0.05) is 43.5 Å². The van der Waals surface area contributed by atoms with E-state index < -0.39 is 11.6 Å². The van der Waals surface area contributed by atoms with E-state index in [1.807, 2.05) is 24.3 Å². The van der Waals surface area contributed by atoms with Crippen LogP contribution in [0.5, 0.6) is 5.88 Å². The molecule has 6 nitrogen and oxygen atoms in total. The van der Waals surface area contributed by atoms with Gasteiger partial charge < -0.3 is 10.0 Å². The molecule has 1 atom stereocenters. The van der Waals surface area contributed by atoms with Gasteiger partial charge in [0.15, 0.2) is 4.77 Å². The van der Waals surface area contributed by atoms with Crippen molar-refractivity contribution in [2.45, 2.75) is 57.5 Å². The van der Waals surface area contributed by atoms with Crippen molar-refractivity contribution >= 4 is 18.1 Å². The molecule has 0 spiro atoms. The summed E-state index contributed by atoms with van der Waals surface area (Å²) in [5, 5.41) is 11.2. The molecule has 1 aromatic carbocycles. The zero-order valence-electron chi connectivity index (χ0n) is 16.0. The normalized spacial score (nSPS) is 20.0. The van der Waals surface area contributed by atoms with Gasteiger partial charge in [0.05, 0.1) is 6.04 Å². The van der Waals surface area contributed by atoms with Crippen molar-refractivity contribution in [3.8, 4) is 5.88 Å². The lowest BCUT2D eigenvalue weighted by molar-refractivity contribution is -0.130. The fraction of sp³-hybridized carbons (Fsp3) is 0.476. The van der Waals surface area contributed by atoms with Gasteiger partial charge in [-0.25, -0.2) is 0 Å². The van der Waals surface area contributed by atoms with Crippen molar-refractivity contribution in [1.29, 1.82) is 0 Å². The zero-order chi connectivity index (χ0) is 19.8. The van der Waals surface area contributed by atoms with Crippen molar-refractivity contribution < 1.29 is 9.90 Å². The van der Waals surface area contributed by atoms with Gasteiger partial charge in [0.2, 0.25) is 11.8 Å². The van der Waals surface area contributed by atoms with Crippen molar-refractivity contribution in [3.05, 3.63) is 56.1 Å². The van der Waals surface area contributed by atoms with Gasteiger partial charge >= 0.3 is 0 Å². The maximum absolute atomic E-state index is 12.9. The predicted molar refractivity (Wildman–Crippen MR) is 109 cm³/mol. The molecule has 0 bridgehead atoms. The number of aromatic hydroxyl groups is 1. The van der Waals surface area contributed by atoms with E-state index in [0.717, 1.165) is 43.2 Å². The summed E-state index contributed by atoms with van der Waals surface area (Å²) in [6.07, 6.45) is 5.90. The standard InChI is InChI=1S/C21H25N3O3S/c1-13(25)23-12-11-14-7-5-6-10-16(14)18(23)17-19(26)22-21(28)24(20(17)27)15-8-3-2-4-9-15/h5-7,10,15,18,27H,2-4,8-9,11-12H2,1H3,(H,22,26,28)/t18-/m1/s1. The Morgan fingerprint density at radius 3 is 2.64 bits per heavy atom. The molecular formula is C21H25N3O3S. The Balaban J connectivity index is 1.93. The molecule has 2 N–H and O–H groups in total. The second kappa shape index (κ2) is 7.54. The van der Waals surface area contributed by atoms with Gasteiger partial charge in [-0.05, 0) is 42.6 Å². The summed E-state index contributed by atoms with van der Waals surface area (Å²) in [4.78, 5) is 29.7. The zero-order valence-corrected chi connectivity index (χ0v) is 16.8. The molecule has 1 aliphatic heterocycles. The second-order valence-corrected chi connectivity index (χ2v) is 8.11. The quantitative estimate of drug-likeness (QED) is 0.756. The summed E-state index contributed by atoms with van der Waals surface area (Å²) < 4.78 is 1.94. The predicted octanol–water partition coefficient (Wildman–Crippen LogP) is 3.61. The van der Waals surface area contributed by atoms with Crippen LogP contribution >= 0.6 is 12.2 Å². The highest BCUT2D eigenvalue weighted by Crippen LogP contribution is 2.39. The highest BCUT2D eigenvalue weighted by atomic mass is 32.1. The Morgan fingerprint density at radius 1 is 1.21 bits per heavy atom. The third kappa shape index (κ3) is 3.17. The highest BCUT2D eigenvalue weighted by molar-refractivity contribution is 7.71. The average Bonchev–Trinajstić information content (AvgIpc) is 2.68. The molecule has 4 rings (SSSR count). The first kappa shape index (κ1) is 18.9. The summed E-state index contributed by atoms with van der Waals surface area (Å²) >= 11 is 5.39. The molecule has 1 fully saturated rings. The third-order valence-corrected chi connectivity index (χ3v) is 6.35.